The molecule has 3 aromatic rings. The molecule has 0 spiro atoms. The van der Waals surface area contributed by atoms with Crippen LogP contribution in [0.15, 0.2) is 35.8 Å². The van der Waals surface area contributed by atoms with Crippen LogP contribution >= 0.6 is 11.3 Å². The predicted molar refractivity (Wildman–Crippen MR) is 79.9 cm³/mol. The minimum absolute atomic E-state index is 0.538. The molecule has 0 aromatic carbocycles. The van der Waals surface area contributed by atoms with E-state index >= 15 is 0 Å². The molecule has 3 heterocycles. The van der Waals surface area contributed by atoms with E-state index in [1.807, 2.05) is 23.6 Å². The van der Waals surface area contributed by atoms with Gasteiger partial charge >= 0.3 is 0 Å². The molecular weight excluding hydrogens is 258 g/mol. The first kappa shape index (κ1) is 11.9. The van der Waals surface area contributed by atoms with Crippen LogP contribution in [0.5, 0.6) is 0 Å². The van der Waals surface area contributed by atoms with E-state index in [0.29, 0.717) is 11.5 Å². The molecule has 0 unspecified atom stereocenters. The first-order chi connectivity index (χ1) is 9.15. The summed E-state index contributed by atoms with van der Waals surface area (Å²) in [5.74, 6) is 6.20. The van der Waals surface area contributed by atoms with E-state index in [4.69, 9.17) is 11.6 Å². The quantitative estimate of drug-likeness (QED) is 0.552. The Labute approximate surface area is 114 Å². The molecule has 3 rings (SSSR count). The molecule has 0 saturated carbocycles. The average Bonchev–Trinajstić information content (AvgIpc) is 2.85. The van der Waals surface area contributed by atoms with E-state index in [9.17, 15) is 0 Å². The summed E-state index contributed by atoms with van der Waals surface area (Å²) >= 11 is 1.62. The van der Waals surface area contributed by atoms with Crippen molar-refractivity contribution in [2.45, 2.75) is 0 Å². The molecule has 96 valence electrons. The first-order valence-electron chi connectivity index (χ1n) is 5.74. The predicted octanol–water partition coefficient (Wildman–Crippen LogP) is 2.25. The Kier molecular flexibility index (Phi) is 2.81. The third kappa shape index (κ3) is 2.11. The second kappa shape index (κ2) is 4.49. The minimum Gasteiger partial charge on any atom is -0.396 e. The molecule has 0 aliphatic carbocycles. The lowest BCUT2D eigenvalue weighted by molar-refractivity contribution is 0.980. The van der Waals surface area contributed by atoms with Crippen LogP contribution in [0.3, 0.4) is 0 Å². The summed E-state index contributed by atoms with van der Waals surface area (Å²) < 4.78 is 0. The van der Waals surface area contributed by atoms with Crippen molar-refractivity contribution in [2.24, 2.45) is 5.84 Å². The second-order valence-electron chi connectivity index (χ2n) is 4.26. The molecule has 19 heavy (non-hydrogen) atoms. The summed E-state index contributed by atoms with van der Waals surface area (Å²) in [6.45, 7) is 0. The third-order valence-electron chi connectivity index (χ3n) is 2.84. The van der Waals surface area contributed by atoms with E-state index in [1.54, 1.807) is 24.6 Å². The van der Waals surface area contributed by atoms with Gasteiger partial charge in [0, 0.05) is 24.2 Å². The minimum atomic E-state index is 0.538. The molecule has 3 aromatic heterocycles. The van der Waals surface area contributed by atoms with Gasteiger partial charge in [-0.2, -0.15) is 0 Å². The van der Waals surface area contributed by atoms with Gasteiger partial charge in [0.15, 0.2) is 5.82 Å². The molecule has 5 nitrogen and oxygen atoms in total. The zero-order chi connectivity index (χ0) is 13.4. The summed E-state index contributed by atoms with van der Waals surface area (Å²) in [7, 11) is 1.70. The van der Waals surface area contributed by atoms with Gasteiger partial charge in [-0.05, 0) is 29.6 Å². The van der Waals surface area contributed by atoms with Crippen LogP contribution in [0.25, 0.3) is 21.5 Å². The van der Waals surface area contributed by atoms with Crippen molar-refractivity contribution >= 4 is 33.1 Å². The standard InChI is InChI=1S/C13H13N5S/c1-18(15)12-10(14)6-9(7-16-12)11-3-2-8-4-5-19-13(8)17-11/h2-7H,14-15H2,1H3. The second-order valence-corrected chi connectivity index (χ2v) is 5.15. The summed E-state index contributed by atoms with van der Waals surface area (Å²) in [6, 6.07) is 7.91. The number of nitrogens with two attached hydrogens (primary N) is 2. The highest BCUT2D eigenvalue weighted by Gasteiger charge is 2.08. The fourth-order valence-electron chi connectivity index (χ4n) is 1.91. The Balaban J connectivity index is 2.08. The summed E-state index contributed by atoms with van der Waals surface area (Å²) in [5.41, 5.74) is 8.23. The number of nitrogen functional groups attached to an aromatic ring is 1. The molecule has 0 radical (unpaired) electrons. The van der Waals surface area contributed by atoms with Crippen LogP contribution in [0.2, 0.25) is 0 Å². The van der Waals surface area contributed by atoms with Crippen molar-refractivity contribution in [3.63, 3.8) is 0 Å². The number of thiophene rings is 1. The molecule has 0 amide bonds. The van der Waals surface area contributed by atoms with Gasteiger partial charge in [-0.1, -0.05) is 0 Å². The lowest BCUT2D eigenvalue weighted by atomic mass is 10.1. The molecule has 6 heteroatoms. The maximum Gasteiger partial charge on any atom is 0.165 e. The van der Waals surface area contributed by atoms with Gasteiger partial charge < -0.3 is 5.73 Å². The van der Waals surface area contributed by atoms with Gasteiger partial charge in [0.25, 0.3) is 0 Å². The Morgan fingerprint density at radius 1 is 1.26 bits per heavy atom. The van der Waals surface area contributed by atoms with E-state index in [-0.39, 0.29) is 0 Å². The summed E-state index contributed by atoms with van der Waals surface area (Å²) in [6.07, 6.45) is 1.73. The lowest BCUT2D eigenvalue weighted by Crippen LogP contribution is -2.27. The van der Waals surface area contributed by atoms with Gasteiger partial charge in [0.05, 0.1) is 11.4 Å². The van der Waals surface area contributed by atoms with E-state index < -0.39 is 0 Å². The van der Waals surface area contributed by atoms with E-state index in [2.05, 4.69) is 16.0 Å². The molecule has 0 aliphatic rings. The molecule has 0 fully saturated rings. The van der Waals surface area contributed by atoms with Crippen molar-refractivity contribution in [1.82, 2.24) is 9.97 Å². The van der Waals surface area contributed by atoms with Crippen LogP contribution in [-0.2, 0) is 0 Å². The fraction of sp³-hybridized carbons (Fsp3) is 0.0769. The number of pyridine rings is 2. The summed E-state index contributed by atoms with van der Waals surface area (Å²) in [4.78, 5) is 9.87. The van der Waals surface area contributed by atoms with Crippen LogP contribution in [0, 0.1) is 0 Å². The number of nitrogens with zero attached hydrogens (tertiary/aromatic N) is 3. The maximum atomic E-state index is 5.94. The highest BCUT2D eigenvalue weighted by molar-refractivity contribution is 7.16. The molecule has 0 bridgehead atoms. The summed E-state index contributed by atoms with van der Waals surface area (Å²) in [5, 5.41) is 4.57. The SMILES string of the molecule is CN(N)c1ncc(-c2ccc3ccsc3n2)cc1N. The number of hydrogen-bond acceptors (Lipinski definition) is 6. The third-order valence-corrected chi connectivity index (χ3v) is 3.66. The zero-order valence-corrected chi connectivity index (χ0v) is 11.2. The van der Waals surface area contributed by atoms with Gasteiger partial charge in [-0.3, -0.25) is 5.01 Å². The highest BCUT2D eigenvalue weighted by Crippen LogP contribution is 2.27. The molecule has 4 N–H and O–H groups in total. The Morgan fingerprint density at radius 3 is 2.84 bits per heavy atom. The lowest BCUT2D eigenvalue weighted by Gasteiger charge is -2.13. The monoisotopic (exact) mass is 271 g/mol. The number of aromatic nitrogens is 2. The largest absolute Gasteiger partial charge is 0.396 e. The number of fused-ring (bicyclic) bond motifs is 1. The van der Waals surface area contributed by atoms with E-state index in [0.717, 1.165) is 21.5 Å². The Bertz CT molecular complexity index is 735. The number of anilines is 2. The first-order valence-corrected chi connectivity index (χ1v) is 6.61. The van der Waals surface area contributed by atoms with Gasteiger partial charge in [-0.25, -0.2) is 15.8 Å². The van der Waals surface area contributed by atoms with Gasteiger partial charge in [-0.15, -0.1) is 11.3 Å². The van der Waals surface area contributed by atoms with Crippen LogP contribution < -0.4 is 16.6 Å². The fourth-order valence-corrected chi connectivity index (χ4v) is 2.68. The van der Waals surface area contributed by atoms with Crippen LogP contribution in [0.1, 0.15) is 0 Å². The Morgan fingerprint density at radius 2 is 2.11 bits per heavy atom. The van der Waals surface area contributed by atoms with Gasteiger partial charge in [0.2, 0.25) is 0 Å². The number of rotatable bonds is 2. The maximum absolute atomic E-state index is 5.94. The van der Waals surface area contributed by atoms with Crippen LogP contribution in [-0.4, -0.2) is 17.0 Å². The average molecular weight is 271 g/mol. The van der Waals surface area contributed by atoms with Crippen molar-refractivity contribution in [3.8, 4) is 11.3 Å². The van der Waals surface area contributed by atoms with Crippen molar-refractivity contribution in [2.75, 3.05) is 17.8 Å². The van der Waals surface area contributed by atoms with Crippen molar-refractivity contribution in [1.29, 1.82) is 0 Å². The topological polar surface area (TPSA) is 81.1 Å². The van der Waals surface area contributed by atoms with Gasteiger partial charge in [0.1, 0.15) is 4.83 Å². The zero-order valence-electron chi connectivity index (χ0n) is 10.4. The molecular formula is C13H13N5S. The van der Waals surface area contributed by atoms with E-state index in [1.165, 1.54) is 5.01 Å². The molecule has 0 aliphatic heterocycles. The van der Waals surface area contributed by atoms with Crippen LogP contribution in [0.4, 0.5) is 11.5 Å². The highest BCUT2D eigenvalue weighted by atomic mass is 32.1. The van der Waals surface area contributed by atoms with Crippen molar-refractivity contribution in [3.05, 3.63) is 35.8 Å². The molecule has 0 saturated heterocycles. The number of hydrogen-bond donors (Lipinski definition) is 2. The van der Waals surface area contributed by atoms with Crippen molar-refractivity contribution < 1.29 is 0 Å². The molecule has 0 atom stereocenters. The normalized spacial score (nSPS) is 10.8. The Hall–Kier alpha value is -2.18. The smallest absolute Gasteiger partial charge is 0.165 e. The number of hydrazine groups is 1.